The first-order valence-electron chi connectivity index (χ1n) is 7.26. The van der Waals surface area contributed by atoms with Crippen LogP contribution in [-0.4, -0.2) is 36.1 Å². The third-order valence-corrected chi connectivity index (χ3v) is 4.62. The molecule has 2 heteroatoms. The molecule has 16 heavy (non-hydrogen) atoms. The standard InChI is InChI=1S/C14H28N2/c1-4-6-7-12(5-2)16-13-8-11(3)14(16)10-15-9-13/h11-15H,4-10H2,1-3H3. The fourth-order valence-corrected chi connectivity index (χ4v) is 3.74. The Morgan fingerprint density at radius 1 is 1.31 bits per heavy atom. The van der Waals surface area contributed by atoms with E-state index in [0.717, 1.165) is 24.0 Å². The van der Waals surface area contributed by atoms with Crippen LogP contribution >= 0.6 is 0 Å². The summed E-state index contributed by atoms with van der Waals surface area (Å²) in [5, 5.41) is 3.60. The number of piperazine rings is 1. The van der Waals surface area contributed by atoms with Crippen LogP contribution in [-0.2, 0) is 0 Å². The van der Waals surface area contributed by atoms with Crippen molar-refractivity contribution in [1.82, 2.24) is 10.2 Å². The molecule has 0 amide bonds. The van der Waals surface area contributed by atoms with Crippen LogP contribution in [0, 0.1) is 5.92 Å². The van der Waals surface area contributed by atoms with Crippen molar-refractivity contribution < 1.29 is 0 Å². The number of nitrogens with zero attached hydrogens (tertiary/aromatic N) is 1. The molecule has 0 aromatic heterocycles. The molecule has 0 aromatic carbocycles. The van der Waals surface area contributed by atoms with E-state index in [1.54, 1.807) is 0 Å². The molecule has 2 heterocycles. The molecule has 0 aliphatic carbocycles. The zero-order valence-corrected chi connectivity index (χ0v) is 11.2. The molecule has 2 aliphatic rings. The van der Waals surface area contributed by atoms with Crippen LogP contribution in [0.2, 0.25) is 0 Å². The second-order valence-electron chi connectivity index (χ2n) is 5.74. The minimum Gasteiger partial charge on any atom is -0.314 e. The Morgan fingerprint density at radius 3 is 2.75 bits per heavy atom. The van der Waals surface area contributed by atoms with Crippen molar-refractivity contribution in [2.45, 2.75) is 71.0 Å². The van der Waals surface area contributed by atoms with Gasteiger partial charge in [-0.2, -0.15) is 0 Å². The van der Waals surface area contributed by atoms with Gasteiger partial charge in [0.15, 0.2) is 0 Å². The number of unbranched alkanes of at least 4 members (excludes halogenated alkanes) is 1. The Morgan fingerprint density at radius 2 is 2.12 bits per heavy atom. The lowest BCUT2D eigenvalue weighted by Crippen LogP contribution is -2.56. The number of nitrogens with one attached hydrogen (secondary N) is 1. The van der Waals surface area contributed by atoms with Crippen LogP contribution in [0.25, 0.3) is 0 Å². The molecule has 2 aliphatic heterocycles. The van der Waals surface area contributed by atoms with Crippen molar-refractivity contribution in [2.75, 3.05) is 13.1 Å². The van der Waals surface area contributed by atoms with Crippen molar-refractivity contribution in [3.63, 3.8) is 0 Å². The zero-order chi connectivity index (χ0) is 11.5. The van der Waals surface area contributed by atoms with Crippen molar-refractivity contribution >= 4 is 0 Å². The fraction of sp³-hybridized carbons (Fsp3) is 1.00. The van der Waals surface area contributed by atoms with Crippen LogP contribution in [0.4, 0.5) is 0 Å². The van der Waals surface area contributed by atoms with Gasteiger partial charge in [0.2, 0.25) is 0 Å². The van der Waals surface area contributed by atoms with Crippen LogP contribution in [0.1, 0.15) is 52.9 Å². The van der Waals surface area contributed by atoms with E-state index >= 15 is 0 Å². The lowest BCUT2D eigenvalue weighted by molar-refractivity contribution is 0.0812. The largest absolute Gasteiger partial charge is 0.314 e. The van der Waals surface area contributed by atoms with Crippen LogP contribution in [0.5, 0.6) is 0 Å². The summed E-state index contributed by atoms with van der Waals surface area (Å²) < 4.78 is 0. The first-order valence-corrected chi connectivity index (χ1v) is 7.26. The molecule has 2 nitrogen and oxygen atoms in total. The molecule has 0 saturated carbocycles. The SMILES string of the molecule is CCCCC(CC)N1C2CNCC1C(C)C2. The third-order valence-electron chi connectivity index (χ3n) is 4.62. The Balaban J connectivity index is 2.01. The number of fused-ring (bicyclic) bond motifs is 2. The van der Waals surface area contributed by atoms with E-state index in [2.05, 4.69) is 31.0 Å². The maximum Gasteiger partial charge on any atom is 0.0253 e. The summed E-state index contributed by atoms with van der Waals surface area (Å²) in [6.45, 7) is 9.56. The van der Waals surface area contributed by atoms with Crippen molar-refractivity contribution in [3.8, 4) is 0 Å². The average molecular weight is 224 g/mol. The van der Waals surface area contributed by atoms with Gasteiger partial charge in [-0.3, -0.25) is 4.90 Å². The summed E-state index contributed by atoms with van der Waals surface area (Å²) in [5.41, 5.74) is 0. The highest BCUT2D eigenvalue weighted by atomic mass is 15.3. The predicted molar refractivity (Wildman–Crippen MR) is 69.7 cm³/mol. The molecular formula is C14H28N2. The van der Waals surface area contributed by atoms with E-state index < -0.39 is 0 Å². The molecule has 0 radical (unpaired) electrons. The molecule has 2 saturated heterocycles. The van der Waals surface area contributed by atoms with Crippen molar-refractivity contribution in [1.29, 1.82) is 0 Å². The predicted octanol–water partition coefficient (Wildman–Crippen LogP) is 2.64. The molecule has 0 aromatic rings. The van der Waals surface area contributed by atoms with Gasteiger partial charge >= 0.3 is 0 Å². The molecule has 2 rings (SSSR count). The van der Waals surface area contributed by atoms with Gasteiger partial charge < -0.3 is 5.32 Å². The van der Waals surface area contributed by atoms with Gasteiger partial charge in [-0.05, 0) is 25.2 Å². The first kappa shape index (κ1) is 12.4. The molecule has 4 unspecified atom stereocenters. The molecular weight excluding hydrogens is 196 g/mol. The average Bonchev–Trinajstić information content (AvgIpc) is 2.48. The Kier molecular flexibility index (Phi) is 4.26. The number of hydrogen-bond acceptors (Lipinski definition) is 2. The molecule has 1 N–H and O–H groups in total. The Labute approximate surface area is 101 Å². The minimum absolute atomic E-state index is 0.820. The molecule has 2 bridgehead atoms. The lowest BCUT2D eigenvalue weighted by Gasteiger charge is -2.41. The van der Waals surface area contributed by atoms with Gasteiger partial charge in [-0.15, -0.1) is 0 Å². The maximum atomic E-state index is 3.60. The van der Waals surface area contributed by atoms with Gasteiger partial charge in [0.05, 0.1) is 0 Å². The van der Waals surface area contributed by atoms with E-state index in [0.29, 0.717) is 0 Å². The highest BCUT2D eigenvalue weighted by Gasteiger charge is 2.43. The molecule has 94 valence electrons. The molecule has 0 spiro atoms. The van der Waals surface area contributed by atoms with E-state index in [1.807, 2.05) is 0 Å². The third kappa shape index (κ3) is 2.28. The van der Waals surface area contributed by atoms with Crippen LogP contribution < -0.4 is 5.32 Å². The Hall–Kier alpha value is -0.0800. The monoisotopic (exact) mass is 224 g/mol. The Bertz CT molecular complexity index is 217. The summed E-state index contributed by atoms with van der Waals surface area (Å²) in [7, 11) is 0. The van der Waals surface area contributed by atoms with E-state index in [-0.39, 0.29) is 0 Å². The topological polar surface area (TPSA) is 15.3 Å². The van der Waals surface area contributed by atoms with Gasteiger partial charge in [-0.1, -0.05) is 33.6 Å². The smallest absolute Gasteiger partial charge is 0.0253 e. The van der Waals surface area contributed by atoms with Crippen LogP contribution in [0.15, 0.2) is 0 Å². The summed E-state index contributed by atoms with van der Waals surface area (Å²) in [6, 6.07) is 2.50. The lowest BCUT2D eigenvalue weighted by atomic mass is 10.00. The highest BCUT2D eigenvalue weighted by molar-refractivity contribution is 5.00. The summed E-state index contributed by atoms with van der Waals surface area (Å²) in [6.07, 6.45) is 6.90. The zero-order valence-electron chi connectivity index (χ0n) is 11.2. The summed E-state index contributed by atoms with van der Waals surface area (Å²) in [4.78, 5) is 2.87. The number of hydrogen-bond donors (Lipinski definition) is 1. The van der Waals surface area contributed by atoms with Gasteiger partial charge in [0.25, 0.3) is 0 Å². The van der Waals surface area contributed by atoms with Gasteiger partial charge in [-0.25, -0.2) is 0 Å². The molecule has 2 fully saturated rings. The normalized spacial score (nSPS) is 36.6. The highest BCUT2D eigenvalue weighted by Crippen LogP contribution is 2.35. The fourth-order valence-electron chi connectivity index (χ4n) is 3.74. The summed E-state index contributed by atoms with van der Waals surface area (Å²) in [5.74, 6) is 0.899. The van der Waals surface area contributed by atoms with Crippen molar-refractivity contribution in [3.05, 3.63) is 0 Å². The number of rotatable bonds is 5. The van der Waals surface area contributed by atoms with Gasteiger partial charge in [0, 0.05) is 31.2 Å². The van der Waals surface area contributed by atoms with Crippen molar-refractivity contribution in [2.24, 2.45) is 5.92 Å². The van der Waals surface area contributed by atoms with Crippen LogP contribution in [0.3, 0.4) is 0 Å². The second kappa shape index (κ2) is 5.50. The molecule has 4 atom stereocenters. The quantitative estimate of drug-likeness (QED) is 0.772. The van der Waals surface area contributed by atoms with E-state index in [1.165, 1.54) is 45.2 Å². The summed E-state index contributed by atoms with van der Waals surface area (Å²) >= 11 is 0. The minimum atomic E-state index is 0.820. The van der Waals surface area contributed by atoms with E-state index in [9.17, 15) is 0 Å². The maximum absolute atomic E-state index is 3.60. The second-order valence-corrected chi connectivity index (χ2v) is 5.74. The van der Waals surface area contributed by atoms with Gasteiger partial charge in [0.1, 0.15) is 0 Å². The first-order chi connectivity index (χ1) is 7.77. The van der Waals surface area contributed by atoms with E-state index in [4.69, 9.17) is 0 Å².